The molecule has 1 saturated heterocycles. The fraction of sp³-hybridized carbons (Fsp3) is 0.379. The van der Waals surface area contributed by atoms with E-state index in [0.717, 1.165) is 34.9 Å². The van der Waals surface area contributed by atoms with Crippen LogP contribution in [0.25, 0.3) is 10.8 Å². The van der Waals surface area contributed by atoms with Crippen molar-refractivity contribution >= 4 is 22.6 Å². The Bertz CT molecular complexity index is 1210. The van der Waals surface area contributed by atoms with E-state index < -0.39 is 0 Å². The van der Waals surface area contributed by atoms with Crippen LogP contribution >= 0.6 is 0 Å². The Balaban J connectivity index is 1.20. The van der Waals surface area contributed by atoms with Gasteiger partial charge in [-0.1, -0.05) is 36.4 Å². The van der Waals surface area contributed by atoms with Gasteiger partial charge in [0.2, 0.25) is 11.8 Å². The third kappa shape index (κ3) is 6.61. The first kappa shape index (κ1) is 25.6. The molecule has 1 N–H and O–H groups in total. The van der Waals surface area contributed by atoms with Crippen molar-refractivity contribution < 1.29 is 18.7 Å². The molecule has 0 aliphatic carbocycles. The maximum atomic E-state index is 13.7. The van der Waals surface area contributed by atoms with Crippen molar-refractivity contribution in [1.82, 2.24) is 15.1 Å². The second kappa shape index (κ2) is 12.0. The molecule has 3 aromatic carbocycles. The lowest BCUT2D eigenvalue weighted by Gasteiger charge is -2.32. The van der Waals surface area contributed by atoms with Gasteiger partial charge in [-0.25, -0.2) is 4.39 Å². The Morgan fingerprint density at radius 2 is 1.78 bits per heavy atom. The number of likely N-dealkylation sites (N-methyl/N-ethyl adjacent to an activating group) is 1. The fourth-order valence-corrected chi connectivity index (χ4v) is 4.69. The number of benzene rings is 3. The Hall–Kier alpha value is -3.45. The van der Waals surface area contributed by atoms with Gasteiger partial charge in [0.15, 0.2) is 0 Å². The number of hydrogen-bond donors (Lipinski definition) is 1. The maximum Gasteiger partial charge on any atom is 0.236 e. The van der Waals surface area contributed by atoms with Gasteiger partial charge in [0, 0.05) is 26.1 Å². The summed E-state index contributed by atoms with van der Waals surface area (Å²) in [6.07, 6.45) is 1.91. The van der Waals surface area contributed by atoms with Crippen LogP contribution in [0.5, 0.6) is 5.75 Å². The van der Waals surface area contributed by atoms with Crippen LogP contribution in [0, 0.1) is 11.7 Å². The lowest BCUT2D eigenvalue weighted by Crippen LogP contribution is -2.45. The van der Waals surface area contributed by atoms with Crippen molar-refractivity contribution in [3.05, 3.63) is 77.6 Å². The minimum Gasteiger partial charge on any atom is -0.497 e. The SMILES string of the molecule is COc1ccc2cc(CN(C)C(=O)CN3CCC(C(=O)NCCc4ccccc4F)CC3)ccc2c1. The van der Waals surface area contributed by atoms with Crippen LogP contribution in [0.1, 0.15) is 24.0 Å². The summed E-state index contributed by atoms with van der Waals surface area (Å²) in [5.41, 5.74) is 1.69. The van der Waals surface area contributed by atoms with Crippen molar-refractivity contribution in [2.24, 2.45) is 5.92 Å². The zero-order valence-corrected chi connectivity index (χ0v) is 21.0. The molecule has 2 amide bonds. The molecule has 7 heteroatoms. The first-order valence-corrected chi connectivity index (χ1v) is 12.5. The number of nitrogens with one attached hydrogen (secondary N) is 1. The van der Waals surface area contributed by atoms with E-state index >= 15 is 0 Å². The molecule has 1 fully saturated rings. The third-order valence-corrected chi connectivity index (χ3v) is 6.93. The summed E-state index contributed by atoms with van der Waals surface area (Å²) in [6.45, 7) is 2.74. The van der Waals surface area contributed by atoms with Gasteiger partial charge in [0.25, 0.3) is 0 Å². The zero-order chi connectivity index (χ0) is 25.5. The Morgan fingerprint density at radius 3 is 2.53 bits per heavy atom. The summed E-state index contributed by atoms with van der Waals surface area (Å²) in [5, 5.41) is 5.16. The molecule has 1 aliphatic rings. The molecular weight excluding hydrogens is 457 g/mol. The molecule has 0 spiro atoms. The number of amides is 2. The predicted octanol–water partition coefficient (Wildman–Crippen LogP) is 4.02. The lowest BCUT2D eigenvalue weighted by molar-refractivity contribution is -0.132. The van der Waals surface area contributed by atoms with E-state index in [9.17, 15) is 14.0 Å². The van der Waals surface area contributed by atoms with Crippen molar-refractivity contribution in [2.75, 3.05) is 40.3 Å². The van der Waals surface area contributed by atoms with E-state index in [2.05, 4.69) is 22.3 Å². The highest BCUT2D eigenvalue weighted by Crippen LogP contribution is 2.23. The molecule has 190 valence electrons. The summed E-state index contributed by atoms with van der Waals surface area (Å²) in [4.78, 5) is 29.3. The van der Waals surface area contributed by atoms with E-state index in [1.54, 1.807) is 30.2 Å². The van der Waals surface area contributed by atoms with Gasteiger partial charge in [-0.05, 0) is 78.5 Å². The molecule has 0 bridgehead atoms. The van der Waals surface area contributed by atoms with Crippen molar-refractivity contribution in [2.45, 2.75) is 25.8 Å². The van der Waals surface area contributed by atoms with E-state index in [4.69, 9.17) is 4.74 Å². The smallest absolute Gasteiger partial charge is 0.236 e. The lowest BCUT2D eigenvalue weighted by atomic mass is 9.95. The monoisotopic (exact) mass is 491 g/mol. The van der Waals surface area contributed by atoms with Gasteiger partial charge in [-0.3, -0.25) is 14.5 Å². The summed E-state index contributed by atoms with van der Waals surface area (Å²) in [5.74, 6) is 0.606. The second-order valence-electron chi connectivity index (χ2n) is 9.48. The Kier molecular flexibility index (Phi) is 8.54. The number of methoxy groups -OCH3 is 1. The molecule has 0 aromatic heterocycles. The number of carbonyl (C=O) groups is 2. The number of ether oxygens (including phenoxy) is 1. The minimum absolute atomic E-state index is 0.0170. The quantitative estimate of drug-likeness (QED) is 0.491. The van der Waals surface area contributed by atoms with Gasteiger partial charge in [0.05, 0.1) is 13.7 Å². The molecule has 1 aliphatic heterocycles. The number of likely N-dealkylation sites (tertiary alicyclic amines) is 1. The van der Waals surface area contributed by atoms with Gasteiger partial charge in [-0.15, -0.1) is 0 Å². The average molecular weight is 492 g/mol. The van der Waals surface area contributed by atoms with Crippen LogP contribution in [0.4, 0.5) is 4.39 Å². The maximum absolute atomic E-state index is 13.7. The van der Waals surface area contributed by atoms with Crippen LogP contribution in [-0.4, -0.2) is 62.0 Å². The normalized spacial score (nSPS) is 14.5. The van der Waals surface area contributed by atoms with Crippen LogP contribution in [0.3, 0.4) is 0 Å². The van der Waals surface area contributed by atoms with Gasteiger partial charge < -0.3 is 15.0 Å². The number of carbonyl (C=O) groups excluding carboxylic acids is 2. The fourth-order valence-electron chi connectivity index (χ4n) is 4.69. The number of fused-ring (bicyclic) bond motifs is 1. The van der Waals surface area contributed by atoms with Crippen LogP contribution < -0.4 is 10.1 Å². The van der Waals surface area contributed by atoms with Crippen LogP contribution in [0.15, 0.2) is 60.7 Å². The van der Waals surface area contributed by atoms with Crippen LogP contribution in [0.2, 0.25) is 0 Å². The van der Waals surface area contributed by atoms with Crippen LogP contribution in [-0.2, 0) is 22.6 Å². The average Bonchev–Trinajstić information content (AvgIpc) is 2.89. The molecule has 6 nitrogen and oxygen atoms in total. The largest absolute Gasteiger partial charge is 0.497 e. The highest BCUT2D eigenvalue weighted by Gasteiger charge is 2.26. The molecule has 0 saturated carbocycles. The Labute approximate surface area is 212 Å². The van der Waals surface area contributed by atoms with Crippen molar-refractivity contribution in [3.8, 4) is 5.75 Å². The summed E-state index contributed by atoms with van der Waals surface area (Å²) < 4.78 is 19.0. The standard InChI is InChI=1S/C29H34FN3O3/c1-32(19-21-7-8-25-18-26(36-2)10-9-24(25)17-21)28(34)20-33-15-12-23(13-16-33)29(35)31-14-11-22-5-3-4-6-27(22)30/h3-10,17-18,23H,11-16,19-20H2,1-2H3,(H,31,35). The van der Waals surface area contributed by atoms with E-state index in [0.29, 0.717) is 44.7 Å². The molecule has 0 atom stereocenters. The topological polar surface area (TPSA) is 61.9 Å². The molecule has 36 heavy (non-hydrogen) atoms. The minimum atomic E-state index is -0.240. The zero-order valence-electron chi connectivity index (χ0n) is 21.0. The van der Waals surface area contributed by atoms with E-state index in [-0.39, 0.29) is 23.5 Å². The first-order valence-electron chi connectivity index (χ1n) is 12.5. The highest BCUT2D eigenvalue weighted by atomic mass is 19.1. The summed E-state index contributed by atoms with van der Waals surface area (Å²) in [6, 6.07) is 18.8. The number of rotatable bonds is 9. The summed E-state index contributed by atoms with van der Waals surface area (Å²) >= 11 is 0. The molecule has 1 heterocycles. The molecule has 4 rings (SSSR count). The van der Waals surface area contributed by atoms with Gasteiger partial charge in [0.1, 0.15) is 11.6 Å². The van der Waals surface area contributed by atoms with Crippen molar-refractivity contribution in [1.29, 1.82) is 0 Å². The predicted molar refractivity (Wildman–Crippen MR) is 139 cm³/mol. The van der Waals surface area contributed by atoms with E-state index in [1.165, 1.54) is 6.07 Å². The van der Waals surface area contributed by atoms with Gasteiger partial charge >= 0.3 is 0 Å². The number of hydrogen-bond acceptors (Lipinski definition) is 4. The summed E-state index contributed by atoms with van der Waals surface area (Å²) in [7, 11) is 3.49. The molecule has 0 radical (unpaired) electrons. The number of piperidine rings is 1. The molecular formula is C29H34FN3O3. The second-order valence-corrected chi connectivity index (χ2v) is 9.48. The number of halogens is 1. The van der Waals surface area contributed by atoms with E-state index in [1.807, 2.05) is 31.3 Å². The highest BCUT2D eigenvalue weighted by molar-refractivity contribution is 5.85. The first-order chi connectivity index (χ1) is 17.4. The third-order valence-electron chi connectivity index (χ3n) is 6.93. The van der Waals surface area contributed by atoms with Crippen molar-refractivity contribution in [3.63, 3.8) is 0 Å². The van der Waals surface area contributed by atoms with Gasteiger partial charge in [-0.2, -0.15) is 0 Å². The molecule has 0 unspecified atom stereocenters. The number of nitrogens with zero attached hydrogens (tertiary/aromatic N) is 2. The Morgan fingerprint density at radius 1 is 1.06 bits per heavy atom. The molecule has 3 aromatic rings.